The van der Waals surface area contributed by atoms with Gasteiger partial charge in [0.25, 0.3) is 5.91 Å². The fraction of sp³-hybridized carbons (Fsp3) is 0.0500. The lowest BCUT2D eigenvalue weighted by Crippen LogP contribution is -2.29. The summed E-state index contributed by atoms with van der Waals surface area (Å²) in [7, 11) is 0. The number of halogens is 1. The number of amides is 1. The summed E-state index contributed by atoms with van der Waals surface area (Å²) in [5.74, 6) is 0.397. The highest BCUT2D eigenvalue weighted by molar-refractivity contribution is 8.18. The van der Waals surface area contributed by atoms with E-state index in [1.54, 1.807) is 29.3 Å². The van der Waals surface area contributed by atoms with Crippen LogP contribution in [0.3, 0.4) is 0 Å². The van der Waals surface area contributed by atoms with Crippen LogP contribution in [0.15, 0.2) is 88.4 Å². The van der Waals surface area contributed by atoms with E-state index < -0.39 is 0 Å². The van der Waals surface area contributed by atoms with Crippen molar-refractivity contribution in [3.05, 3.63) is 89.0 Å². The SMILES string of the molecule is C=CCN1C(=O)/C(=C/C(Cl)=C/c2ccccc2)S/C1=N/c1ccccn1. The first-order valence-electron chi connectivity index (χ1n) is 7.91. The number of hydrogen-bond acceptors (Lipinski definition) is 4. The van der Waals surface area contributed by atoms with Gasteiger partial charge in [-0.3, -0.25) is 9.69 Å². The van der Waals surface area contributed by atoms with Crippen LogP contribution < -0.4 is 0 Å². The van der Waals surface area contributed by atoms with Gasteiger partial charge in [0.2, 0.25) is 0 Å². The molecule has 0 N–H and O–H groups in total. The van der Waals surface area contributed by atoms with Gasteiger partial charge in [-0.05, 0) is 41.6 Å². The summed E-state index contributed by atoms with van der Waals surface area (Å²) in [5, 5.41) is 1.04. The first-order chi connectivity index (χ1) is 12.7. The van der Waals surface area contributed by atoms with Gasteiger partial charge in [-0.1, -0.05) is 54.1 Å². The van der Waals surface area contributed by atoms with E-state index in [0.717, 1.165) is 5.56 Å². The van der Waals surface area contributed by atoms with Gasteiger partial charge < -0.3 is 0 Å². The molecule has 0 radical (unpaired) electrons. The van der Waals surface area contributed by atoms with E-state index in [9.17, 15) is 4.79 Å². The number of hydrogen-bond donors (Lipinski definition) is 0. The zero-order chi connectivity index (χ0) is 18.4. The molecular weight excluding hydrogens is 366 g/mol. The molecule has 4 nitrogen and oxygen atoms in total. The fourth-order valence-corrected chi connectivity index (χ4v) is 3.56. The number of carbonyl (C=O) groups is 1. The summed E-state index contributed by atoms with van der Waals surface area (Å²) in [5.41, 5.74) is 0.968. The lowest BCUT2D eigenvalue weighted by atomic mass is 10.2. The van der Waals surface area contributed by atoms with Crippen LogP contribution in [0.5, 0.6) is 0 Å². The summed E-state index contributed by atoms with van der Waals surface area (Å²) in [6.07, 6.45) is 6.80. The van der Waals surface area contributed by atoms with Crippen LogP contribution in [0.25, 0.3) is 6.08 Å². The van der Waals surface area contributed by atoms with E-state index in [-0.39, 0.29) is 5.91 Å². The van der Waals surface area contributed by atoms with Gasteiger partial charge in [0.15, 0.2) is 11.0 Å². The standard InChI is InChI=1S/C20H16ClN3OS/c1-2-12-24-19(25)17(14-16(21)13-15-8-4-3-5-9-15)26-20(24)23-18-10-6-7-11-22-18/h2-11,13-14H,1,12H2/b16-13-,17-14-,23-20+. The second-order valence-electron chi connectivity index (χ2n) is 5.34. The molecule has 1 saturated heterocycles. The first kappa shape index (κ1) is 18.2. The first-order valence-corrected chi connectivity index (χ1v) is 9.11. The van der Waals surface area contributed by atoms with Gasteiger partial charge in [-0.15, -0.1) is 6.58 Å². The van der Waals surface area contributed by atoms with E-state index in [1.165, 1.54) is 11.8 Å². The van der Waals surface area contributed by atoms with Gasteiger partial charge >= 0.3 is 0 Å². The van der Waals surface area contributed by atoms with E-state index in [4.69, 9.17) is 11.6 Å². The van der Waals surface area contributed by atoms with Crippen LogP contribution in [0.4, 0.5) is 5.82 Å². The topological polar surface area (TPSA) is 45.6 Å². The predicted octanol–water partition coefficient (Wildman–Crippen LogP) is 4.99. The van der Waals surface area contributed by atoms with Crippen LogP contribution in [0, 0.1) is 0 Å². The lowest BCUT2D eigenvalue weighted by Gasteiger charge is -2.12. The minimum Gasteiger partial charge on any atom is -0.282 e. The minimum absolute atomic E-state index is 0.149. The van der Waals surface area contributed by atoms with E-state index >= 15 is 0 Å². The van der Waals surface area contributed by atoms with Crippen LogP contribution in [-0.2, 0) is 4.79 Å². The number of nitrogens with zero attached hydrogens (tertiary/aromatic N) is 3. The molecule has 1 aromatic heterocycles. The number of aliphatic imine (C=N–C) groups is 1. The molecule has 1 aromatic carbocycles. The third kappa shape index (κ3) is 4.50. The largest absolute Gasteiger partial charge is 0.282 e. The molecule has 1 fully saturated rings. The Kier molecular flexibility index (Phi) is 6.04. The zero-order valence-corrected chi connectivity index (χ0v) is 15.5. The average Bonchev–Trinajstić information content (AvgIpc) is 2.92. The van der Waals surface area contributed by atoms with E-state index in [1.807, 2.05) is 48.5 Å². The lowest BCUT2D eigenvalue weighted by molar-refractivity contribution is -0.121. The Morgan fingerprint density at radius 3 is 2.69 bits per heavy atom. The molecule has 0 atom stereocenters. The smallest absolute Gasteiger partial charge is 0.267 e. The molecule has 1 aliphatic heterocycles. The predicted molar refractivity (Wildman–Crippen MR) is 109 cm³/mol. The highest BCUT2D eigenvalue weighted by atomic mass is 35.5. The normalized spacial score (nSPS) is 18.0. The van der Waals surface area contributed by atoms with E-state index in [0.29, 0.717) is 27.5 Å². The minimum atomic E-state index is -0.149. The van der Waals surface area contributed by atoms with Crippen molar-refractivity contribution in [1.29, 1.82) is 0 Å². The maximum atomic E-state index is 12.7. The molecule has 26 heavy (non-hydrogen) atoms. The Hall–Kier alpha value is -2.63. The molecule has 130 valence electrons. The number of pyridine rings is 1. The van der Waals surface area contributed by atoms with Crippen molar-refractivity contribution in [2.45, 2.75) is 0 Å². The molecule has 2 heterocycles. The monoisotopic (exact) mass is 381 g/mol. The fourth-order valence-electron chi connectivity index (χ4n) is 2.27. The average molecular weight is 382 g/mol. The molecule has 0 unspecified atom stereocenters. The van der Waals surface area contributed by atoms with Crippen molar-refractivity contribution in [2.24, 2.45) is 4.99 Å². The van der Waals surface area contributed by atoms with E-state index in [2.05, 4.69) is 16.6 Å². The number of benzene rings is 1. The van der Waals surface area contributed by atoms with Crippen molar-refractivity contribution >= 4 is 46.3 Å². The second-order valence-corrected chi connectivity index (χ2v) is 6.78. The van der Waals surface area contributed by atoms with Crippen molar-refractivity contribution in [3.63, 3.8) is 0 Å². The van der Waals surface area contributed by atoms with Crippen molar-refractivity contribution in [2.75, 3.05) is 6.54 Å². The molecule has 0 bridgehead atoms. The molecule has 1 amide bonds. The number of thioether (sulfide) groups is 1. The van der Waals surface area contributed by atoms with Gasteiger partial charge in [-0.2, -0.15) is 0 Å². The Bertz CT molecular complexity index is 892. The summed E-state index contributed by atoms with van der Waals surface area (Å²) in [6, 6.07) is 15.1. The summed E-state index contributed by atoms with van der Waals surface area (Å²) in [6.45, 7) is 4.08. The van der Waals surface area contributed by atoms with Crippen LogP contribution >= 0.6 is 23.4 Å². The second kappa shape index (κ2) is 8.65. The third-order valence-corrected chi connectivity index (χ3v) is 4.66. The Labute approximate surface area is 161 Å². The Morgan fingerprint density at radius 2 is 2.00 bits per heavy atom. The van der Waals surface area contributed by atoms with Gasteiger partial charge in [0.05, 0.1) is 4.91 Å². The van der Waals surface area contributed by atoms with Crippen LogP contribution in [0.2, 0.25) is 0 Å². The number of carbonyl (C=O) groups excluding carboxylic acids is 1. The Morgan fingerprint density at radius 1 is 1.23 bits per heavy atom. The van der Waals surface area contributed by atoms with Gasteiger partial charge in [0, 0.05) is 17.8 Å². The molecular formula is C20H16ClN3OS. The molecule has 3 rings (SSSR count). The van der Waals surface area contributed by atoms with Gasteiger partial charge in [-0.25, -0.2) is 9.98 Å². The molecule has 1 aliphatic rings. The molecule has 0 aliphatic carbocycles. The number of rotatable bonds is 5. The molecule has 0 spiro atoms. The number of aromatic nitrogens is 1. The highest BCUT2D eigenvalue weighted by Gasteiger charge is 2.32. The maximum Gasteiger partial charge on any atom is 0.267 e. The Balaban J connectivity index is 1.89. The summed E-state index contributed by atoms with van der Waals surface area (Å²) < 4.78 is 0. The maximum absolute atomic E-state index is 12.7. The highest BCUT2D eigenvalue weighted by Crippen LogP contribution is 2.33. The summed E-state index contributed by atoms with van der Waals surface area (Å²) >= 11 is 7.60. The zero-order valence-electron chi connectivity index (χ0n) is 13.9. The summed E-state index contributed by atoms with van der Waals surface area (Å²) in [4.78, 5) is 23.4. The van der Waals surface area contributed by atoms with Crippen molar-refractivity contribution < 1.29 is 4.79 Å². The number of allylic oxidation sites excluding steroid dienone is 2. The molecule has 6 heteroatoms. The van der Waals surface area contributed by atoms with Crippen LogP contribution in [-0.4, -0.2) is 27.5 Å². The number of amidine groups is 1. The van der Waals surface area contributed by atoms with Gasteiger partial charge in [0.1, 0.15) is 0 Å². The van der Waals surface area contributed by atoms with Crippen molar-refractivity contribution in [3.8, 4) is 0 Å². The van der Waals surface area contributed by atoms with Crippen molar-refractivity contribution in [1.82, 2.24) is 9.88 Å². The third-order valence-electron chi connectivity index (χ3n) is 3.43. The van der Waals surface area contributed by atoms with Crippen LogP contribution in [0.1, 0.15) is 5.56 Å². The molecule has 2 aromatic rings. The quantitative estimate of drug-likeness (QED) is 0.541. The molecule has 0 saturated carbocycles.